The van der Waals surface area contributed by atoms with Crippen molar-refractivity contribution in [2.45, 2.75) is 33.0 Å². The molecule has 0 aromatic heterocycles. The van der Waals surface area contributed by atoms with Gasteiger partial charge in [-0.1, -0.05) is 12.1 Å². The molecular formula is C12H17NO. The van der Waals surface area contributed by atoms with E-state index in [1.165, 1.54) is 16.8 Å². The largest absolute Gasteiger partial charge is 0.384 e. The second kappa shape index (κ2) is 4.01. The van der Waals surface area contributed by atoms with Crippen LogP contribution >= 0.6 is 0 Å². The van der Waals surface area contributed by atoms with Crippen molar-refractivity contribution in [1.82, 2.24) is 0 Å². The van der Waals surface area contributed by atoms with Crippen molar-refractivity contribution < 1.29 is 4.74 Å². The topological polar surface area (TPSA) is 21.3 Å². The summed E-state index contributed by atoms with van der Waals surface area (Å²) in [6.07, 6.45) is 1.45. The summed E-state index contributed by atoms with van der Waals surface area (Å²) in [7, 11) is 0. The normalized spacial score (nSPS) is 14.2. The van der Waals surface area contributed by atoms with E-state index in [-0.39, 0.29) is 0 Å². The third kappa shape index (κ3) is 2.07. The quantitative estimate of drug-likeness (QED) is 0.793. The molecule has 0 fully saturated rings. The van der Waals surface area contributed by atoms with E-state index < -0.39 is 0 Å². The van der Waals surface area contributed by atoms with Crippen LogP contribution in [0.25, 0.3) is 0 Å². The number of rotatable bonds is 3. The van der Waals surface area contributed by atoms with Gasteiger partial charge in [0, 0.05) is 12.2 Å². The van der Waals surface area contributed by atoms with Gasteiger partial charge in [-0.3, -0.25) is 0 Å². The molecule has 0 unspecified atom stereocenters. The fourth-order valence-electron chi connectivity index (χ4n) is 1.71. The Morgan fingerprint density at radius 1 is 1.43 bits per heavy atom. The Balaban J connectivity index is 2.05. The Morgan fingerprint density at radius 2 is 2.29 bits per heavy atom. The van der Waals surface area contributed by atoms with Gasteiger partial charge in [0.05, 0.1) is 12.7 Å². The van der Waals surface area contributed by atoms with Crippen molar-refractivity contribution in [3.63, 3.8) is 0 Å². The number of hydrogen-bond acceptors (Lipinski definition) is 2. The van der Waals surface area contributed by atoms with Gasteiger partial charge in [-0.25, -0.2) is 0 Å². The summed E-state index contributed by atoms with van der Waals surface area (Å²) in [5.74, 6) is 0. The predicted octanol–water partition coefficient (Wildman–Crippen LogP) is 2.58. The molecule has 2 heteroatoms. The summed E-state index contributed by atoms with van der Waals surface area (Å²) in [6, 6.07) is 6.54. The molecule has 0 spiro atoms. The number of fused-ring (bicyclic) bond motifs is 1. The molecule has 0 saturated carbocycles. The highest BCUT2D eigenvalue weighted by Crippen LogP contribution is 2.23. The lowest BCUT2D eigenvalue weighted by Crippen LogP contribution is -2.02. The van der Waals surface area contributed by atoms with Gasteiger partial charge in [-0.05, 0) is 37.5 Å². The lowest BCUT2D eigenvalue weighted by Gasteiger charge is -2.08. The molecule has 0 saturated heterocycles. The Morgan fingerprint density at radius 3 is 3.07 bits per heavy atom. The molecule has 1 aromatic carbocycles. The Bertz CT molecular complexity index is 320. The van der Waals surface area contributed by atoms with Crippen molar-refractivity contribution in [3.8, 4) is 0 Å². The summed E-state index contributed by atoms with van der Waals surface area (Å²) in [5, 5.41) is 3.35. The molecule has 76 valence electrons. The van der Waals surface area contributed by atoms with Crippen LogP contribution in [0.3, 0.4) is 0 Å². The molecule has 1 N–H and O–H groups in total. The molecule has 1 heterocycles. The van der Waals surface area contributed by atoms with Crippen molar-refractivity contribution >= 4 is 5.69 Å². The van der Waals surface area contributed by atoms with E-state index in [0.717, 1.165) is 19.6 Å². The highest BCUT2D eigenvalue weighted by atomic mass is 16.5. The zero-order valence-corrected chi connectivity index (χ0v) is 8.84. The zero-order valence-electron chi connectivity index (χ0n) is 8.84. The highest BCUT2D eigenvalue weighted by Gasteiger charge is 2.09. The molecule has 0 radical (unpaired) electrons. The molecule has 2 nitrogen and oxygen atoms in total. The first-order valence-corrected chi connectivity index (χ1v) is 5.23. The van der Waals surface area contributed by atoms with Crippen molar-refractivity contribution in [1.29, 1.82) is 0 Å². The van der Waals surface area contributed by atoms with Crippen LogP contribution in [0.1, 0.15) is 25.0 Å². The van der Waals surface area contributed by atoms with Crippen LogP contribution in [-0.2, 0) is 17.8 Å². The van der Waals surface area contributed by atoms with Crippen LogP contribution in [0.15, 0.2) is 18.2 Å². The van der Waals surface area contributed by atoms with Crippen LogP contribution in [0.4, 0.5) is 5.69 Å². The van der Waals surface area contributed by atoms with Gasteiger partial charge in [0.15, 0.2) is 0 Å². The van der Waals surface area contributed by atoms with Crippen molar-refractivity contribution in [3.05, 3.63) is 29.3 Å². The van der Waals surface area contributed by atoms with Gasteiger partial charge < -0.3 is 10.1 Å². The third-order valence-electron chi connectivity index (χ3n) is 2.46. The molecular weight excluding hydrogens is 174 g/mol. The predicted molar refractivity (Wildman–Crippen MR) is 58.6 cm³/mol. The molecule has 2 rings (SSSR count). The lowest BCUT2D eigenvalue weighted by molar-refractivity contribution is 0.0657. The summed E-state index contributed by atoms with van der Waals surface area (Å²) in [5.41, 5.74) is 3.99. The Hall–Kier alpha value is -1.02. The Kier molecular flexibility index (Phi) is 2.73. The average Bonchev–Trinajstić information content (AvgIpc) is 2.61. The van der Waals surface area contributed by atoms with Gasteiger partial charge in [0.1, 0.15) is 0 Å². The smallest absolute Gasteiger partial charge is 0.0720 e. The van der Waals surface area contributed by atoms with Gasteiger partial charge in [-0.2, -0.15) is 0 Å². The molecule has 0 amide bonds. The van der Waals surface area contributed by atoms with E-state index in [9.17, 15) is 0 Å². The summed E-state index contributed by atoms with van der Waals surface area (Å²) in [4.78, 5) is 0. The molecule has 1 aliphatic rings. The van der Waals surface area contributed by atoms with Crippen LogP contribution < -0.4 is 5.32 Å². The fourth-order valence-corrected chi connectivity index (χ4v) is 1.71. The fraction of sp³-hybridized carbons (Fsp3) is 0.500. The lowest BCUT2D eigenvalue weighted by atomic mass is 10.1. The van der Waals surface area contributed by atoms with Crippen LogP contribution in [0.2, 0.25) is 0 Å². The molecule has 1 aromatic rings. The maximum absolute atomic E-state index is 5.57. The summed E-state index contributed by atoms with van der Waals surface area (Å²) >= 11 is 0. The maximum atomic E-state index is 5.57. The Labute approximate surface area is 85.3 Å². The van der Waals surface area contributed by atoms with Gasteiger partial charge in [-0.15, -0.1) is 0 Å². The highest BCUT2D eigenvalue weighted by molar-refractivity contribution is 5.56. The SMILES string of the molecule is CC(C)OCc1ccc2c(c1)CCN2. The minimum absolute atomic E-state index is 0.307. The van der Waals surface area contributed by atoms with Crippen LogP contribution in [0.5, 0.6) is 0 Å². The standard InChI is InChI=1S/C12H17NO/c1-9(2)14-8-10-3-4-12-11(7-10)5-6-13-12/h3-4,7,9,13H,5-6,8H2,1-2H3. The summed E-state index contributed by atoms with van der Waals surface area (Å²) < 4.78 is 5.57. The minimum Gasteiger partial charge on any atom is -0.384 e. The van der Waals surface area contributed by atoms with Crippen molar-refractivity contribution in [2.24, 2.45) is 0 Å². The van der Waals surface area contributed by atoms with Crippen LogP contribution in [0, 0.1) is 0 Å². The van der Waals surface area contributed by atoms with E-state index in [2.05, 4.69) is 37.4 Å². The van der Waals surface area contributed by atoms with E-state index in [1.807, 2.05) is 0 Å². The molecule has 14 heavy (non-hydrogen) atoms. The number of benzene rings is 1. The third-order valence-corrected chi connectivity index (χ3v) is 2.46. The second-order valence-electron chi connectivity index (χ2n) is 4.03. The van der Waals surface area contributed by atoms with Gasteiger partial charge in [0.2, 0.25) is 0 Å². The average molecular weight is 191 g/mol. The molecule has 1 aliphatic heterocycles. The van der Waals surface area contributed by atoms with Crippen LogP contribution in [-0.4, -0.2) is 12.6 Å². The molecule has 0 aliphatic carbocycles. The first-order chi connectivity index (χ1) is 6.75. The van der Waals surface area contributed by atoms with Crippen molar-refractivity contribution in [2.75, 3.05) is 11.9 Å². The van der Waals surface area contributed by atoms with E-state index in [1.54, 1.807) is 0 Å². The van der Waals surface area contributed by atoms with E-state index in [4.69, 9.17) is 4.74 Å². The molecule has 0 atom stereocenters. The first-order valence-electron chi connectivity index (χ1n) is 5.23. The number of anilines is 1. The minimum atomic E-state index is 0.307. The van der Waals surface area contributed by atoms with Gasteiger partial charge in [0.25, 0.3) is 0 Å². The maximum Gasteiger partial charge on any atom is 0.0720 e. The van der Waals surface area contributed by atoms with E-state index in [0.29, 0.717) is 6.10 Å². The number of hydrogen-bond donors (Lipinski definition) is 1. The zero-order chi connectivity index (χ0) is 9.97. The van der Waals surface area contributed by atoms with Gasteiger partial charge >= 0.3 is 0 Å². The molecule has 0 bridgehead atoms. The number of ether oxygens (including phenoxy) is 1. The monoisotopic (exact) mass is 191 g/mol. The first kappa shape index (κ1) is 9.53. The second-order valence-corrected chi connectivity index (χ2v) is 4.03. The van der Waals surface area contributed by atoms with E-state index >= 15 is 0 Å². The number of nitrogens with one attached hydrogen (secondary N) is 1. The summed E-state index contributed by atoms with van der Waals surface area (Å²) in [6.45, 7) is 5.93.